The first-order valence-electron chi connectivity index (χ1n) is 14.5. The lowest BCUT2D eigenvalue weighted by Crippen LogP contribution is -2.25. The predicted octanol–water partition coefficient (Wildman–Crippen LogP) is 6.45. The third-order valence-corrected chi connectivity index (χ3v) is 7.16. The molecule has 1 atom stereocenters. The Morgan fingerprint density at radius 1 is 1.09 bits per heavy atom. The summed E-state index contributed by atoms with van der Waals surface area (Å²) in [7, 11) is 2.82. The van der Waals surface area contributed by atoms with Crippen LogP contribution in [0.3, 0.4) is 0 Å². The molecule has 0 amide bonds. The van der Waals surface area contributed by atoms with Crippen LogP contribution in [0.5, 0.6) is 17.2 Å². The van der Waals surface area contributed by atoms with Crippen LogP contribution in [-0.4, -0.2) is 48.8 Å². The van der Waals surface area contributed by atoms with Crippen LogP contribution in [0.2, 0.25) is 0 Å². The number of aryl methyl sites for hydroxylation is 1. The first-order valence-corrected chi connectivity index (χ1v) is 14.5. The first-order chi connectivity index (χ1) is 21.1. The number of fused-ring (bicyclic) bond motifs is 1. The Labute approximate surface area is 257 Å². The van der Waals surface area contributed by atoms with Crippen LogP contribution in [0, 0.1) is 6.92 Å². The number of para-hydroxylation sites is 1. The fourth-order valence-corrected chi connectivity index (χ4v) is 4.94. The van der Waals surface area contributed by atoms with Crippen molar-refractivity contribution < 1.29 is 23.7 Å². The van der Waals surface area contributed by atoms with Crippen LogP contribution in [-0.2, 0) is 16.0 Å². The molecule has 1 aromatic heterocycles. The van der Waals surface area contributed by atoms with Crippen molar-refractivity contribution in [3.05, 3.63) is 93.8 Å². The Balaban J connectivity index is 1.91. The van der Waals surface area contributed by atoms with E-state index < -0.39 is 12.1 Å². The van der Waals surface area contributed by atoms with Crippen LogP contribution in [0.15, 0.2) is 71.1 Å². The maximum absolute atomic E-state index is 13.9. The molecule has 9 nitrogen and oxygen atoms in total. The molecule has 0 saturated heterocycles. The van der Waals surface area contributed by atoms with E-state index in [1.54, 1.807) is 37.4 Å². The van der Waals surface area contributed by atoms with Gasteiger partial charge in [-0.05, 0) is 86.2 Å². The van der Waals surface area contributed by atoms with Crippen molar-refractivity contribution in [1.82, 2.24) is 9.66 Å². The molecule has 0 bridgehead atoms. The van der Waals surface area contributed by atoms with Gasteiger partial charge in [-0.3, -0.25) is 4.79 Å². The van der Waals surface area contributed by atoms with Gasteiger partial charge in [-0.15, -0.1) is 6.58 Å². The topological polar surface area (TPSA) is 101 Å². The van der Waals surface area contributed by atoms with Crippen molar-refractivity contribution in [2.24, 2.45) is 5.10 Å². The summed E-state index contributed by atoms with van der Waals surface area (Å²) in [5.41, 5.74) is 4.35. The van der Waals surface area contributed by atoms with Gasteiger partial charge in [-0.1, -0.05) is 32.1 Å². The monoisotopic (exact) mass is 597 g/mol. The molecule has 0 aliphatic rings. The summed E-state index contributed by atoms with van der Waals surface area (Å²) in [5.74, 6) is 1.69. The van der Waals surface area contributed by atoms with Gasteiger partial charge in [0.1, 0.15) is 5.75 Å². The average molecular weight is 598 g/mol. The summed E-state index contributed by atoms with van der Waals surface area (Å²) in [6.45, 7) is 14.1. The van der Waals surface area contributed by atoms with Crippen molar-refractivity contribution in [1.29, 1.82) is 0 Å². The minimum Gasteiger partial charge on any atom is -0.494 e. The molecule has 0 spiro atoms. The van der Waals surface area contributed by atoms with Gasteiger partial charge in [0.2, 0.25) is 0 Å². The number of ether oxygens (including phenoxy) is 4. The second kappa shape index (κ2) is 14.0. The van der Waals surface area contributed by atoms with Crippen LogP contribution in [0.25, 0.3) is 22.3 Å². The Kier molecular flexibility index (Phi) is 10.2. The van der Waals surface area contributed by atoms with Gasteiger partial charge in [-0.25, -0.2) is 9.78 Å². The van der Waals surface area contributed by atoms with E-state index in [0.717, 1.165) is 28.0 Å². The maximum Gasteiger partial charge on any atom is 0.346 e. The normalized spacial score (nSPS) is 12.0. The zero-order chi connectivity index (χ0) is 32.0. The number of nitrogens with zero attached hydrogens (tertiary/aromatic N) is 3. The van der Waals surface area contributed by atoms with Gasteiger partial charge in [0.15, 0.2) is 23.4 Å². The number of carbonyl (C=O) groups is 1. The molecule has 0 N–H and O–H groups in total. The molecule has 4 rings (SSSR count). The molecule has 4 aromatic rings. The number of methoxy groups -OCH3 is 2. The van der Waals surface area contributed by atoms with Gasteiger partial charge in [0.25, 0.3) is 5.56 Å². The molecule has 0 fully saturated rings. The Hall–Kier alpha value is -4.92. The zero-order valence-electron chi connectivity index (χ0n) is 26.3. The highest BCUT2D eigenvalue weighted by molar-refractivity contribution is 5.84. The third-order valence-electron chi connectivity index (χ3n) is 7.16. The number of carbonyl (C=O) groups excluding carboxylic acids is 1. The second-order valence-electron chi connectivity index (χ2n) is 10.6. The lowest BCUT2D eigenvalue weighted by atomic mass is 9.96. The molecule has 1 heterocycles. The summed E-state index contributed by atoms with van der Waals surface area (Å²) in [4.78, 5) is 30.8. The van der Waals surface area contributed by atoms with Crippen LogP contribution in [0.1, 0.15) is 55.9 Å². The van der Waals surface area contributed by atoms with Crippen LogP contribution < -0.4 is 19.8 Å². The van der Waals surface area contributed by atoms with Gasteiger partial charge >= 0.3 is 5.97 Å². The smallest absolute Gasteiger partial charge is 0.346 e. The molecule has 3 aromatic carbocycles. The lowest BCUT2D eigenvalue weighted by molar-refractivity contribution is -0.147. The second-order valence-corrected chi connectivity index (χ2v) is 10.6. The minimum atomic E-state index is -0.852. The quantitative estimate of drug-likeness (QED) is 0.105. The molecule has 0 saturated carbocycles. The molecule has 0 radical (unpaired) electrons. The van der Waals surface area contributed by atoms with E-state index in [4.69, 9.17) is 23.9 Å². The zero-order valence-corrected chi connectivity index (χ0v) is 26.3. The molecule has 0 unspecified atom stereocenters. The van der Waals surface area contributed by atoms with E-state index in [1.807, 2.05) is 44.2 Å². The number of hydrogen-bond acceptors (Lipinski definition) is 8. The van der Waals surface area contributed by atoms with Crippen LogP contribution >= 0.6 is 0 Å². The van der Waals surface area contributed by atoms with Gasteiger partial charge in [-0.2, -0.15) is 9.78 Å². The number of hydrogen-bond donors (Lipinski definition) is 0. The van der Waals surface area contributed by atoms with Crippen molar-refractivity contribution in [2.45, 2.75) is 53.1 Å². The average Bonchev–Trinajstić information content (AvgIpc) is 3.01. The highest BCUT2D eigenvalue weighted by Crippen LogP contribution is 2.36. The number of benzene rings is 3. The fraction of sp³-hybridized carbons (Fsp3) is 0.314. The summed E-state index contributed by atoms with van der Waals surface area (Å²) in [6, 6.07) is 14.8. The fourth-order valence-electron chi connectivity index (χ4n) is 4.94. The largest absolute Gasteiger partial charge is 0.494 e. The van der Waals surface area contributed by atoms with Crippen molar-refractivity contribution in [3.8, 4) is 28.6 Å². The number of rotatable bonds is 12. The number of allylic oxidation sites excluding steroid dienone is 1. The molecule has 44 heavy (non-hydrogen) atoms. The summed E-state index contributed by atoms with van der Waals surface area (Å²) in [6.07, 6.45) is 2.89. The van der Waals surface area contributed by atoms with Gasteiger partial charge in [0, 0.05) is 11.1 Å². The molecule has 0 aliphatic carbocycles. The summed E-state index contributed by atoms with van der Waals surface area (Å²) < 4.78 is 23.6. The highest BCUT2D eigenvalue weighted by atomic mass is 16.6. The predicted molar refractivity (Wildman–Crippen MR) is 173 cm³/mol. The van der Waals surface area contributed by atoms with Gasteiger partial charge < -0.3 is 18.9 Å². The minimum absolute atomic E-state index is 0.179. The lowest BCUT2D eigenvalue weighted by Gasteiger charge is -2.19. The van der Waals surface area contributed by atoms with E-state index >= 15 is 0 Å². The van der Waals surface area contributed by atoms with E-state index in [0.29, 0.717) is 46.8 Å². The molecular weight excluding hydrogens is 558 g/mol. The summed E-state index contributed by atoms with van der Waals surface area (Å²) >= 11 is 0. The van der Waals surface area contributed by atoms with E-state index in [1.165, 1.54) is 18.9 Å². The highest BCUT2D eigenvalue weighted by Gasteiger charge is 2.21. The Morgan fingerprint density at radius 3 is 2.50 bits per heavy atom. The number of esters is 1. The third kappa shape index (κ3) is 6.67. The van der Waals surface area contributed by atoms with E-state index in [9.17, 15) is 9.59 Å². The van der Waals surface area contributed by atoms with Crippen molar-refractivity contribution >= 4 is 23.1 Å². The molecule has 9 heteroatoms. The summed E-state index contributed by atoms with van der Waals surface area (Å²) in [5, 5.41) is 5.13. The van der Waals surface area contributed by atoms with Crippen molar-refractivity contribution in [3.63, 3.8) is 0 Å². The maximum atomic E-state index is 13.9. The molecule has 230 valence electrons. The number of aromatic nitrogens is 2. The Bertz CT molecular complexity index is 1770. The standard InChI is InChI=1S/C35H39N3O6/c1-9-13-25-17-24(18-31(41-7)32(25)44-23(6)35(40)42-8)20-36-38-33(37-29-15-12-11-14-26(29)34(38)39)28-19-27(21(3)4)30(43-10-2)16-22(28)5/h9,11-12,14-21,23H,1,10,13H2,2-8H3/t23-/m0/s1. The Morgan fingerprint density at radius 2 is 1.84 bits per heavy atom. The molecular formula is C35H39N3O6. The van der Waals surface area contributed by atoms with E-state index in [-0.39, 0.29) is 11.5 Å². The van der Waals surface area contributed by atoms with E-state index in [2.05, 4.69) is 25.5 Å². The SMILES string of the molecule is C=CCc1cc(C=Nn2c(-c3cc(C(C)C)c(OCC)cc3C)nc3ccccc3c2=O)cc(OC)c1O[C@@H](C)C(=O)OC. The molecule has 0 aliphatic heterocycles. The first kappa shape index (κ1) is 32.0. The van der Waals surface area contributed by atoms with Crippen LogP contribution in [0.4, 0.5) is 0 Å². The van der Waals surface area contributed by atoms with Crippen molar-refractivity contribution in [2.75, 3.05) is 20.8 Å². The van der Waals surface area contributed by atoms with Gasteiger partial charge in [0.05, 0.1) is 37.9 Å².